The number of nitrogens with two attached hydrogens (primary N) is 1. The number of likely N-dealkylation sites (tertiary alicyclic amines) is 1. The van der Waals surface area contributed by atoms with Gasteiger partial charge in [0.25, 0.3) is 5.92 Å². The van der Waals surface area contributed by atoms with Crippen LogP contribution in [0.3, 0.4) is 0 Å². The van der Waals surface area contributed by atoms with Crippen LogP contribution in [0, 0.1) is 11.8 Å². The van der Waals surface area contributed by atoms with Gasteiger partial charge >= 0.3 is 0 Å². The Morgan fingerprint density at radius 1 is 1.53 bits per heavy atom. The maximum absolute atomic E-state index is 13.4. The summed E-state index contributed by atoms with van der Waals surface area (Å²) < 4.78 is 26.7. The zero-order chi connectivity index (χ0) is 11.2. The molecule has 0 aromatic carbocycles. The van der Waals surface area contributed by atoms with Gasteiger partial charge in [0.1, 0.15) is 0 Å². The Hall–Kier alpha value is -0.710. The summed E-state index contributed by atoms with van der Waals surface area (Å²) in [6.45, 7) is 2.23. The summed E-state index contributed by atoms with van der Waals surface area (Å²) in [4.78, 5) is 13.0. The first-order valence-electron chi connectivity index (χ1n) is 5.34. The summed E-state index contributed by atoms with van der Waals surface area (Å²) in [6.07, 6.45) is 0.503. The van der Waals surface area contributed by atoms with Crippen LogP contribution in [0.2, 0.25) is 0 Å². The normalized spacial score (nSPS) is 35.3. The highest BCUT2D eigenvalue weighted by molar-refractivity contribution is 5.81. The topological polar surface area (TPSA) is 46.3 Å². The van der Waals surface area contributed by atoms with E-state index in [9.17, 15) is 13.6 Å². The molecule has 2 rings (SSSR count). The van der Waals surface area contributed by atoms with Gasteiger partial charge in [-0.05, 0) is 19.3 Å². The van der Waals surface area contributed by atoms with Crippen LogP contribution >= 0.6 is 0 Å². The van der Waals surface area contributed by atoms with E-state index in [2.05, 4.69) is 0 Å². The van der Waals surface area contributed by atoms with Gasteiger partial charge in [-0.15, -0.1) is 0 Å². The molecule has 1 aliphatic heterocycles. The van der Waals surface area contributed by atoms with Gasteiger partial charge < -0.3 is 10.6 Å². The summed E-state index contributed by atoms with van der Waals surface area (Å²) >= 11 is 0. The minimum atomic E-state index is -2.59. The number of hydrogen-bond donors (Lipinski definition) is 1. The molecule has 0 bridgehead atoms. The third kappa shape index (κ3) is 1.73. The van der Waals surface area contributed by atoms with Crippen molar-refractivity contribution >= 4 is 5.91 Å². The zero-order valence-electron chi connectivity index (χ0n) is 8.75. The molecular formula is C10H16F2N2O. The maximum atomic E-state index is 13.4. The van der Waals surface area contributed by atoms with Gasteiger partial charge in [-0.1, -0.05) is 0 Å². The number of amides is 1. The van der Waals surface area contributed by atoms with Crippen LogP contribution in [-0.4, -0.2) is 35.9 Å². The van der Waals surface area contributed by atoms with Crippen molar-refractivity contribution in [3.05, 3.63) is 0 Å². The fourth-order valence-corrected chi connectivity index (χ4v) is 2.67. The highest BCUT2D eigenvalue weighted by Gasteiger charge is 2.54. The van der Waals surface area contributed by atoms with Crippen LogP contribution in [0.5, 0.6) is 0 Å². The number of carbonyl (C=O) groups is 1. The van der Waals surface area contributed by atoms with Gasteiger partial charge in [0.05, 0.1) is 6.04 Å². The number of halogens is 2. The zero-order valence-corrected chi connectivity index (χ0v) is 8.75. The Kier molecular flexibility index (Phi) is 2.45. The van der Waals surface area contributed by atoms with E-state index in [4.69, 9.17) is 5.73 Å². The quantitative estimate of drug-likeness (QED) is 0.708. The number of fused-ring (bicyclic) bond motifs is 1. The van der Waals surface area contributed by atoms with Gasteiger partial charge in [-0.2, -0.15) is 0 Å². The smallest absolute Gasteiger partial charge is 0.252 e. The van der Waals surface area contributed by atoms with Crippen LogP contribution in [0.15, 0.2) is 0 Å². The molecule has 0 radical (unpaired) electrons. The third-order valence-electron chi connectivity index (χ3n) is 3.53. The molecule has 15 heavy (non-hydrogen) atoms. The van der Waals surface area contributed by atoms with Crippen molar-refractivity contribution in [1.82, 2.24) is 4.90 Å². The largest absolute Gasteiger partial charge is 0.341 e. The molecule has 3 atom stereocenters. The average Bonchev–Trinajstić information content (AvgIpc) is 2.66. The molecule has 2 aliphatic rings. The average molecular weight is 218 g/mol. The minimum Gasteiger partial charge on any atom is -0.341 e. The number of hydrogen-bond acceptors (Lipinski definition) is 2. The lowest BCUT2D eigenvalue weighted by atomic mass is 9.99. The van der Waals surface area contributed by atoms with Crippen molar-refractivity contribution in [1.29, 1.82) is 0 Å². The second-order valence-electron chi connectivity index (χ2n) is 4.70. The number of carbonyl (C=O) groups excluding carboxylic acids is 1. The van der Waals surface area contributed by atoms with Crippen molar-refractivity contribution in [2.45, 2.75) is 31.7 Å². The van der Waals surface area contributed by atoms with E-state index in [1.807, 2.05) is 0 Å². The Bertz CT molecular complexity index is 281. The van der Waals surface area contributed by atoms with Gasteiger partial charge in [-0.25, -0.2) is 8.78 Å². The lowest BCUT2D eigenvalue weighted by Crippen LogP contribution is -2.42. The molecule has 0 aromatic heterocycles. The molecule has 0 aromatic rings. The van der Waals surface area contributed by atoms with Crippen molar-refractivity contribution in [3.8, 4) is 0 Å². The lowest BCUT2D eigenvalue weighted by molar-refractivity contribution is -0.132. The predicted octanol–water partition coefficient (Wildman–Crippen LogP) is 0.837. The number of rotatable bonds is 1. The number of alkyl halides is 2. The Morgan fingerprint density at radius 3 is 2.73 bits per heavy atom. The molecule has 2 N–H and O–H groups in total. The first-order valence-corrected chi connectivity index (χ1v) is 5.34. The van der Waals surface area contributed by atoms with Crippen LogP contribution in [0.25, 0.3) is 0 Å². The molecule has 3 nitrogen and oxygen atoms in total. The highest BCUT2D eigenvalue weighted by atomic mass is 19.3. The molecule has 1 aliphatic carbocycles. The first-order chi connectivity index (χ1) is 6.92. The highest BCUT2D eigenvalue weighted by Crippen LogP contribution is 2.48. The Morgan fingerprint density at radius 2 is 2.20 bits per heavy atom. The number of nitrogens with zero attached hydrogens (tertiary/aromatic N) is 1. The minimum absolute atomic E-state index is 0.0253. The van der Waals surface area contributed by atoms with E-state index in [0.29, 0.717) is 13.0 Å². The van der Waals surface area contributed by atoms with E-state index >= 15 is 0 Å². The monoisotopic (exact) mass is 218 g/mol. The molecule has 1 amide bonds. The second kappa shape index (κ2) is 3.40. The van der Waals surface area contributed by atoms with Gasteiger partial charge in [0.15, 0.2) is 0 Å². The summed E-state index contributed by atoms with van der Waals surface area (Å²) in [5.74, 6) is -3.46. The summed E-state index contributed by atoms with van der Waals surface area (Å²) in [6, 6.07) is -0.586. The molecule has 5 heteroatoms. The SMILES string of the molecule is CC(N)C(=O)N1CC2CCC(F)(F)C2C1. The summed E-state index contributed by atoms with van der Waals surface area (Å²) in [5.41, 5.74) is 5.46. The van der Waals surface area contributed by atoms with Crippen molar-refractivity contribution in [3.63, 3.8) is 0 Å². The third-order valence-corrected chi connectivity index (χ3v) is 3.53. The molecule has 3 unspecified atom stereocenters. The van der Waals surface area contributed by atoms with Crippen LogP contribution in [-0.2, 0) is 4.79 Å². The van der Waals surface area contributed by atoms with Gasteiger partial charge in [-0.3, -0.25) is 4.79 Å². The van der Waals surface area contributed by atoms with Crippen LogP contribution in [0.1, 0.15) is 19.8 Å². The van der Waals surface area contributed by atoms with E-state index in [1.165, 1.54) is 4.90 Å². The lowest BCUT2D eigenvalue weighted by Gasteiger charge is -2.21. The maximum Gasteiger partial charge on any atom is 0.252 e. The molecule has 1 heterocycles. The van der Waals surface area contributed by atoms with Gasteiger partial charge in [0.2, 0.25) is 5.91 Å². The molecular weight excluding hydrogens is 202 g/mol. The molecule has 86 valence electrons. The molecule has 1 saturated heterocycles. The van der Waals surface area contributed by atoms with Gasteiger partial charge in [0, 0.05) is 25.4 Å². The fourth-order valence-electron chi connectivity index (χ4n) is 2.67. The van der Waals surface area contributed by atoms with E-state index in [-0.39, 0.29) is 24.8 Å². The Labute approximate surface area is 87.6 Å². The van der Waals surface area contributed by atoms with Crippen molar-refractivity contribution < 1.29 is 13.6 Å². The molecule has 2 fully saturated rings. The molecule has 0 spiro atoms. The van der Waals surface area contributed by atoms with E-state index < -0.39 is 17.9 Å². The van der Waals surface area contributed by atoms with E-state index in [0.717, 1.165) is 0 Å². The van der Waals surface area contributed by atoms with Crippen LogP contribution < -0.4 is 5.73 Å². The molecule has 1 saturated carbocycles. The summed E-state index contributed by atoms with van der Waals surface area (Å²) in [7, 11) is 0. The fraction of sp³-hybridized carbons (Fsp3) is 0.900. The Balaban J connectivity index is 2.05. The van der Waals surface area contributed by atoms with Crippen molar-refractivity contribution in [2.75, 3.05) is 13.1 Å². The predicted molar refractivity (Wildman–Crippen MR) is 51.4 cm³/mol. The van der Waals surface area contributed by atoms with E-state index in [1.54, 1.807) is 6.92 Å². The van der Waals surface area contributed by atoms with Crippen LogP contribution in [0.4, 0.5) is 8.78 Å². The first kappa shape index (κ1) is 10.8. The van der Waals surface area contributed by atoms with Crippen molar-refractivity contribution in [2.24, 2.45) is 17.6 Å². The second-order valence-corrected chi connectivity index (χ2v) is 4.70. The standard InChI is InChI=1S/C10H16F2N2O/c1-6(13)9(15)14-4-7-2-3-10(11,12)8(7)5-14/h6-8H,2-5,13H2,1H3. The summed E-state index contributed by atoms with van der Waals surface area (Å²) in [5, 5.41) is 0.